The summed E-state index contributed by atoms with van der Waals surface area (Å²) in [7, 11) is 0. The maximum atomic E-state index is 10.0. The third kappa shape index (κ3) is 6.05. The molecule has 0 aromatic heterocycles. The van der Waals surface area contributed by atoms with Crippen LogP contribution in [0.1, 0.15) is 90.9 Å². The monoisotopic (exact) mass is 388 g/mol. The van der Waals surface area contributed by atoms with E-state index in [1.54, 1.807) is 5.57 Å². The van der Waals surface area contributed by atoms with Crippen molar-refractivity contribution in [1.29, 1.82) is 0 Å². The average Bonchev–Trinajstić information content (AvgIpc) is 2.64. The third-order valence-electron chi connectivity index (χ3n) is 7.13. The molecule has 0 saturated heterocycles. The molecule has 28 heavy (non-hydrogen) atoms. The van der Waals surface area contributed by atoms with Gasteiger partial charge in [0, 0.05) is 6.61 Å². The molecule has 3 saturated carbocycles. The first-order chi connectivity index (χ1) is 13.3. The summed E-state index contributed by atoms with van der Waals surface area (Å²) in [5, 5.41) is 19.9. The topological polar surface area (TPSA) is 49.7 Å². The molecule has 3 aliphatic rings. The quantitative estimate of drug-likeness (QED) is 0.642. The normalized spacial score (nSPS) is 35.1. The van der Waals surface area contributed by atoms with Crippen LogP contribution in [0, 0.1) is 5.41 Å². The van der Waals surface area contributed by atoms with Crippen molar-refractivity contribution >= 4 is 0 Å². The number of hydrogen-bond acceptors (Lipinski definition) is 3. The molecule has 0 aromatic carbocycles. The van der Waals surface area contributed by atoms with Gasteiger partial charge < -0.3 is 14.9 Å². The fourth-order valence-corrected chi connectivity index (χ4v) is 5.21. The number of allylic oxidation sites excluding steroid dienone is 3. The van der Waals surface area contributed by atoms with Crippen LogP contribution in [0.25, 0.3) is 0 Å². The van der Waals surface area contributed by atoms with Gasteiger partial charge in [-0.1, -0.05) is 24.3 Å². The van der Waals surface area contributed by atoms with Gasteiger partial charge in [-0.3, -0.25) is 0 Å². The molecule has 0 aromatic rings. The Labute approximate surface area is 171 Å². The lowest BCUT2D eigenvalue weighted by Gasteiger charge is -2.43. The number of hydrogen-bond donors (Lipinski definition) is 2. The highest BCUT2D eigenvalue weighted by atomic mass is 16.5. The zero-order valence-electron chi connectivity index (χ0n) is 18.0. The highest BCUT2D eigenvalue weighted by molar-refractivity contribution is 5.37. The summed E-state index contributed by atoms with van der Waals surface area (Å²) in [4.78, 5) is 0. The van der Waals surface area contributed by atoms with Gasteiger partial charge in [-0.25, -0.2) is 0 Å². The summed E-state index contributed by atoms with van der Waals surface area (Å²) in [6.45, 7) is 8.45. The molecule has 3 nitrogen and oxygen atoms in total. The predicted molar refractivity (Wildman–Crippen MR) is 115 cm³/mol. The van der Waals surface area contributed by atoms with Gasteiger partial charge >= 0.3 is 0 Å². The van der Waals surface area contributed by atoms with E-state index in [4.69, 9.17) is 4.74 Å². The Kier molecular flexibility index (Phi) is 7.22. The Hall–Kier alpha value is -0.900. The van der Waals surface area contributed by atoms with E-state index >= 15 is 0 Å². The van der Waals surface area contributed by atoms with Gasteiger partial charge in [0.1, 0.15) is 0 Å². The highest BCUT2D eigenvalue weighted by Gasteiger charge is 2.37. The Balaban J connectivity index is 1.52. The Morgan fingerprint density at radius 1 is 1.11 bits per heavy atom. The summed E-state index contributed by atoms with van der Waals surface area (Å²) in [5.41, 5.74) is 3.59. The van der Waals surface area contributed by atoms with Crippen molar-refractivity contribution in [2.45, 2.75) is 109 Å². The smallest absolute Gasteiger partial charge is 0.0787 e. The molecule has 2 N–H and O–H groups in total. The molecule has 3 fully saturated rings. The third-order valence-corrected chi connectivity index (χ3v) is 7.13. The van der Waals surface area contributed by atoms with Crippen molar-refractivity contribution in [3.8, 4) is 0 Å². The fraction of sp³-hybridized carbons (Fsp3) is 0.760. The minimum Gasteiger partial charge on any atom is -0.390 e. The molecule has 0 heterocycles. The zero-order chi connectivity index (χ0) is 20.2. The predicted octanol–water partition coefficient (Wildman–Crippen LogP) is 5.62. The maximum absolute atomic E-state index is 10.0. The lowest BCUT2D eigenvalue weighted by molar-refractivity contribution is -0.0341. The van der Waals surface area contributed by atoms with Crippen LogP contribution >= 0.6 is 0 Å². The van der Waals surface area contributed by atoms with Crippen LogP contribution in [0.4, 0.5) is 0 Å². The first kappa shape index (κ1) is 21.8. The molecule has 0 amide bonds. The summed E-state index contributed by atoms with van der Waals surface area (Å²) in [6.07, 6.45) is 18.2. The van der Waals surface area contributed by atoms with Crippen LogP contribution in [-0.2, 0) is 4.74 Å². The van der Waals surface area contributed by atoms with Gasteiger partial charge in [-0.2, -0.15) is 0 Å². The van der Waals surface area contributed by atoms with Crippen molar-refractivity contribution in [2.24, 2.45) is 5.41 Å². The van der Waals surface area contributed by atoms with Gasteiger partial charge in [-0.15, -0.1) is 0 Å². The second-order valence-corrected chi connectivity index (χ2v) is 10.1. The van der Waals surface area contributed by atoms with E-state index in [1.165, 1.54) is 44.1 Å². The minimum atomic E-state index is -0.632. The molecular formula is C25H40O3. The van der Waals surface area contributed by atoms with E-state index in [-0.39, 0.29) is 6.10 Å². The molecular weight excluding hydrogens is 348 g/mol. The molecule has 0 aliphatic heterocycles. The average molecular weight is 389 g/mol. The van der Waals surface area contributed by atoms with E-state index in [2.05, 4.69) is 18.7 Å². The Morgan fingerprint density at radius 2 is 1.86 bits per heavy atom. The number of ether oxygens (including phenoxy) is 1. The van der Waals surface area contributed by atoms with Crippen LogP contribution in [0.3, 0.4) is 0 Å². The molecule has 0 bridgehead atoms. The van der Waals surface area contributed by atoms with Crippen molar-refractivity contribution < 1.29 is 14.9 Å². The van der Waals surface area contributed by atoms with E-state index in [0.717, 1.165) is 37.7 Å². The molecule has 3 rings (SSSR count). The van der Waals surface area contributed by atoms with Crippen molar-refractivity contribution in [3.05, 3.63) is 35.5 Å². The van der Waals surface area contributed by atoms with Crippen LogP contribution < -0.4 is 0 Å². The summed E-state index contributed by atoms with van der Waals surface area (Å²) < 4.78 is 6.05. The maximum Gasteiger partial charge on any atom is 0.0787 e. The molecule has 158 valence electrons. The van der Waals surface area contributed by atoms with Crippen molar-refractivity contribution in [1.82, 2.24) is 0 Å². The van der Waals surface area contributed by atoms with Gasteiger partial charge in [0.15, 0.2) is 0 Å². The fourth-order valence-electron chi connectivity index (χ4n) is 5.21. The summed E-state index contributed by atoms with van der Waals surface area (Å²) in [5.74, 6) is 0. The van der Waals surface area contributed by atoms with Crippen LogP contribution in [0.2, 0.25) is 0 Å². The molecule has 3 aliphatic carbocycles. The van der Waals surface area contributed by atoms with Crippen molar-refractivity contribution in [2.75, 3.05) is 6.61 Å². The first-order valence-electron chi connectivity index (χ1n) is 11.4. The first-order valence-corrected chi connectivity index (χ1v) is 11.4. The van der Waals surface area contributed by atoms with E-state index < -0.39 is 5.60 Å². The molecule has 1 atom stereocenters. The molecule has 1 spiro atoms. The van der Waals surface area contributed by atoms with Gasteiger partial charge in [0.2, 0.25) is 0 Å². The number of rotatable bonds is 5. The van der Waals surface area contributed by atoms with Gasteiger partial charge in [0.25, 0.3) is 0 Å². The highest BCUT2D eigenvalue weighted by Crippen LogP contribution is 2.49. The lowest BCUT2D eigenvalue weighted by atomic mass is 9.63. The SMILES string of the molecule is C=C1/C(=C\C=C2/CCCC3(CCC(OCCC(C)(C)O)CC3)C2)CCC[C@@H]1O. The second-order valence-electron chi connectivity index (χ2n) is 10.1. The van der Waals surface area contributed by atoms with Crippen LogP contribution in [-0.4, -0.2) is 34.6 Å². The molecule has 3 heteroatoms. The largest absolute Gasteiger partial charge is 0.390 e. The Morgan fingerprint density at radius 3 is 2.57 bits per heavy atom. The summed E-state index contributed by atoms with van der Waals surface area (Å²) >= 11 is 0. The standard InChI is InChI=1S/C25H40O3/c1-19-21(7-4-8-23(19)26)10-9-20-6-5-13-25(18-20)14-11-22(12-15-25)28-17-16-24(2,3)27/h9-10,22-23,26-27H,1,4-8,11-18H2,2-3H3/b20-9+,21-10-/t22?,23-,25?/m0/s1. The zero-order valence-corrected chi connectivity index (χ0v) is 18.0. The summed E-state index contributed by atoms with van der Waals surface area (Å²) in [6, 6.07) is 0. The number of aliphatic hydroxyl groups excluding tert-OH is 1. The van der Waals surface area contributed by atoms with Crippen LogP contribution in [0.5, 0.6) is 0 Å². The van der Waals surface area contributed by atoms with E-state index in [0.29, 0.717) is 24.5 Å². The second kappa shape index (κ2) is 9.28. The lowest BCUT2D eigenvalue weighted by Crippen LogP contribution is -2.34. The molecule has 0 unspecified atom stereocenters. The van der Waals surface area contributed by atoms with Crippen molar-refractivity contribution in [3.63, 3.8) is 0 Å². The Bertz CT molecular complexity index is 600. The number of aliphatic hydroxyl groups is 2. The van der Waals surface area contributed by atoms with E-state index in [1.807, 2.05) is 13.8 Å². The van der Waals surface area contributed by atoms with Gasteiger partial charge in [0.05, 0.1) is 17.8 Å². The molecule has 0 radical (unpaired) electrons. The minimum absolute atomic E-state index is 0.345. The van der Waals surface area contributed by atoms with Gasteiger partial charge in [-0.05, 0) is 107 Å². The van der Waals surface area contributed by atoms with Crippen LogP contribution in [0.15, 0.2) is 35.5 Å². The van der Waals surface area contributed by atoms with E-state index in [9.17, 15) is 10.2 Å².